The Morgan fingerprint density at radius 3 is 2.24 bits per heavy atom. The molecule has 0 fully saturated rings. The van der Waals surface area contributed by atoms with Gasteiger partial charge >= 0.3 is 26.2 Å². The van der Waals surface area contributed by atoms with Crippen LogP contribution in [0.3, 0.4) is 0 Å². The van der Waals surface area contributed by atoms with E-state index in [0.29, 0.717) is 5.92 Å². The Bertz CT molecular complexity index is 504. The minimum atomic E-state index is 0. The standard InChI is InChI=1S/C10H9.C8H11.2ClH.Zr/c1-8-6-7-9-4-2-3-5-10(8)9;1-2-5-8-6-3-4-7-8;;;/h2-5,7-8H,1H3;3-4,6-7H,2,5H2,1H3;2*1H;/q2*-1;;;+4/p-2. The van der Waals surface area contributed by atoms with Gasteiger partial charge in [-0.1, -0.05) is 50.8 Å². The molecule has 3 heteroatoms. The van der Waals surface area contributed by atoms with E-state index >= 15 is 0 Å². The normalized spacial score (nSPS) is 13.7. The quantitative estimate of drug-likeness (QED) is 0.569. The molecule has 110 valence electrons. The van der Waals surface area contributed by atoms with Crippen LogP contribution in [-0.4, -0.2) is 0 Å². The van der Waals surface area contributed by atoms with E-state index in [1.165, 1.54) is 29.5 Å². The summed E-state index contributed by atoms with van der Waals surface area (Å²) in [5, 5.41) is 0. The van der Waals surface area contributed by atoms with Gasteiger partial charge in [0.2, 0.25) is 0 Å². The van der Waals surface area contributed by atoms with Gasteiger partial charge in [-0.2, -0.15) is 23.3 Å². The summed E-state index contributed by atoms with van der Waals surface area (Å²) >= 11 is 0. The maximum atomic E-state index is 3.26. The van der Waals surface area contributed by atoms with Gasteiger partial charge in [-0.15, -0.1) is 11.6 Å². The fourth-order valence-electron chi connectivity index (χ4n) is 2.21. The molecule has 0 saturated carbocycles. The topological polar surface area (TPSA) is 0 Å². The van der Waals surface area contributed by atoms with Gasteiger partial charge in [-0.05, 0) is 0 Å². The van der Waals surface area contributed by atoms with E-state index in [1.807, 2.05) is 0 Å². The molecule has 0 amide bonds. The Labute approximate surface area is 160 Å². The number of halogens is 2. The summed E-state index contributed by atoms with van der Waals surface area (Å²) in [6.07, 6.45) is 7.81. The molecule has 1 unspecified atom stereocenters. The second-order valence-electron chi connectivity index (χ2n) is 4.70. The van der Waals surface area contributed by atoms with Gasteiger partial charge < -0.3 is 24.8 Å². The van der Waals surface area contributed by atoms with E-state index in [4.69, 9.17) is 0 Å². The average molecular weight is 398 g/mol. The van der Waals surface area contributed by atoms with Gasteiger partial charge in [0.15, 0.2) is 0 Å². The third-order valence-electron chi connectivity index (χ3n) is 3.22. The molecule has 2 aromatic rings. The third kappa shape index (κ3) is 7.05. The maximum absolute atomic E-state index is 3.26. The average Bonchev–Trinajstić information content (AvgIpc) is 3.02. The summed E-state index contributed by atoms with van der Waals surface area (Å²) in [4.78, 5) is 0. The van der Waals surface area contributed by atoms with Crippen LogP contribution in [0.1, 0.15) is 42.9 Å². The number of allylic oxidation sites excluding steroid dienone is 1. The summed E-state index contributed by atoms with van der Waals surface area (Å²) < 4.78 is 0. The summed E-state index contributed by atoms with van der Waals surface area (Å²) in [5.41, 5.74) is 4.20. The Balaban J connectivity index is 0. The molecular formula is C18H20Cl2Zr. The second-order valence-corrected chi connectivity index (χ2v) is 4.70. The molecule has 2 aromatic carbocycles. The van der Waals surface area contributed by atoms with Crippen molar-refractivity contribution in [2.75, 3.05) is 0 Å². The largest absolute Gasteiger partial charge is 4.00 e. The van der Waals surface area contributed by atoms with Crippen molar-refractivity contribution in [2.24, 2.45) is 0 Å². The first-order valence-electron chi connectivity index (χ1n) is 6.70. The van der Waals surface area contributed by atoms with Crippen LogP contribution >= 0.6 is 0 Å². The Morgan fingerprint density at radius 1 is 1.05 bits per heavy atom. The van der Waals surface area contributed by atoms with Gasteiger partial charge in [0, 0.05) is 0 Å². The van der Waals surface area contributed by atoms with Crippen LogP contribution in [0, 0.1) is 6.08 Å². The van der Waals surface area contributed by atoms with E-state index < -0.39 is 0 Å². The molecule has 0 N–H and O–H groups in total. The van der Waals surface area contributed by atoms with E-state index in [-0.39, 0.29) is 51.0 Å². The first-order chi connectivity index (χ1) is 8.81. The molecule has 1 aliphatic carbocycles. The Hall–Kier alpha value is -0.227. The van der Waals surface area contributed by atoms with E-state index in [0.717, 1.165) is 0 Å². The van der Waals surface area contributed by atoms with Crippen LogP contribution in [0.5, 0.6) is 0 Å². The molecule has 0 spiro atoms. The van der Waals surface area contributed by atoms with Crippen molar-refractivity contribution in [1.29, 1.82) is 0 Å². The number of benzene rings is 1. The van der Waals surface area contributed by atoms with Gasteiger partial charge in [0.05, 0.1) is 0 Å². The van der Waals surface area contributed by atoms with Crippen LogP contribution in [0.2, 0.25) is 0 Å². The molecule has 1 aliphatic rings. The van der Waals surface area contributed by atoms with Crippen LogP contribution in [-0.2, 0) is 32.6 Å². The number of aryl methyl sites for hydroxylation is 1. The third-order valence-corrected chi connectivity index (χ3v) is 3.22. The van der Waals surface area contributed by atoms with Gasteiger partial charge in [-0.3, -0.25) is 6.08 Å². The van der Waals surface area contributed by atoms with Crippen LogP contribution < -0.4 is 24.8 Å². The number of hydrogen-bond donors (Lipinski definition) is 0. The molecular weight excluding hydrogens is 378 g/mol. The number of rotatable bonds is 2. The first kappa shape index (κ1) is 23.0. The fourth-order valence-corrected chi connectivity index (χ4v) is 2.21. The molecule has 0 saturated heterocycles. The zero-order valence-electron chi connectivity index (χ0n) is 12.4. The zero-order valence-corrected chi connectivity index (χ0v) is 16.4. The van der Waals surface area contributed by atoms with E-state index in [9.17, 15) is 0 Å². The van der Waals surface area contributed by atoms with Crippen molar-refractivity contribution in [1.82, 2.24) is 0 Å². The van der Waals surface area contributed by atoms with Crippen molar-refractivity contribution in [3.05, 3.63) is 71.3 Å². The molecule has 0 nitrogen and oxygen atoms in total. The van der Waals surface area contributed by atoms with Crippen LogP contribution in [0.4, 0.5) is 0 Å². The number of hydrogen-bond acceptors (Lipinski definition) is 0. The molecule has 0 aliphatic heterocycles. The predicted octanol–water partition coefficient (Wildman–Crippen LogP) is -1.02. The smallest absolute Gasteiger partial charge is 1.00 e. The molecule has 21 heavy (non-hydrogen) atoms. The van der Waals surface area contributed by atoms with Crippen molar-refractivity contribution in [2.45, 2.75) is 32.6 Å². The minimum absolute atomic E-state index is 0. The summed E-state index contributed by atoms with van der Waals surface area (Å²) in [6.45, 7) is 4.37. The summed E-state index contributed by atoms with van der Waals surface area (Å²) in [7, 11) is 0. The fraction of sp³-hybridized carbons (Fsp3) is 0.278. The van der Waals surface area contributed by atoms with Crippen LogP contribution in [0.15, 0.2) is 48.5 Å². The molecule has 1 atom stereocenters. The Morgan fingerprint density at radius 2 is 1.67 bits per heavy atom. The predicted molar refractivity (Wildman–Crippen MR) is 78.6 cm³/mol. The number of fused-ring (bicyclic) bond motifs is 1. The van der Waals surface area contributed by atoms with E-state index in [2.05, 4.69) is 74.5 Å². The summed E-state index contributed by atoms with van der Waals surface area (Å²) in [6, 6.07) is 17.0. The van der Waals surface area contributed by atoms with Crippen LogP contribution in [0.25, 0.3) is 6.08 Å². The molecule has 0 heterocycles. The Kier molecular flexibility index (Phi) is 13.5. The molecule has 3 rings (SSSR count). The molecule has 0 bridgehead atoms. The maximum Gasteiger partial charge on any atom is 4.00 e. The molecule has 0 aromatic heterocycles. The monoisotopic (exact) mass is 396 g/mol. The van der Waals surface area contributed by atoms with Crippen molar-refractivity contribution in [3.63, 3.8) is 0 Å². The zero-order chi connectivity index (χ0) is 12.8. The molecule has 0 radical (unpaired) electrons. The van der Waals surface area contributed by atoms with Gasteiger partial charge in [-0.25, -0.2) is 18.2 Å². The van der Waals surface area contributed by atoms with E-state index in [1.54, 1.807) is 0 Å². The summed E-state index contributed by atoms with van der Waals surface area (Å²) in [5.74, 6) is 0.496. The van der Waals surface area contributed by atoms with Gasteiger partial charge in [0.1, 0.15) is 0 Å². The SMILES string of the molecule is CC1[C-]=Cc2ccccc21.CCC[c-]1cccc1.[Cl-].[Cl-].[Zr+4]. The van der Waals surface area contributed by atoms with Crippen molar-refractivity contribution in [3.8, 4) is 0 Å². The first-order valence-corrected chi connectivity index (χ1v) is 6.70. The van der Waals surface area contributed by atoms with Gasteiger partial charge in [0.25, 0.3) is 0 Å². The van der Waals surface area contributed by atoms with Crippen molar-refractivity contribution >= 4 is 6.08 Å². The minimum Gasteiger partial charge on any atom is -1.00 e. The second kappa shape index (κ2) is 12.3. The van der Waals surface area contributed by atoms with Crippen molar-refractivity contribution < 1.29 is 51.0 Å².